The Kier molecular flexibility index (Phi) is 7.26. The summed E-state index contributed by atoms with van der Waals surface area (Å²) in [6, 6.07) is 16.6. The minimum Gasteiger partial charge on any atom is -0.333 e. The molecule has 2 N–H and O–H groups in total. The molecule has 0 bridgehead atoms. The third-order valence-electron chi connectivity index (χ3n) is 3.84. The minimum atomic E-state index is -0.161. The third-order valence-corrected chi connectivity index (χ3v) is 5.39. The molecule has 0 spiro atoms. The lowest BCUT2D eigenvalue weighted by Gasteiger charge is -2.19. The fourth-order valence-electron chi connectivity index (χ4n) is 2.25. The van der Waals surface area contributed by atoms with E-state index in [0.29, 0.717) is 6.54 Å². The summed E-state index contributed by atoms with van der Waals surface area (Å²) in [5, 5.41) is 2.89. The molecule has 2 amide bonds. The summed E-state index contributed by atoms with van der Waals surface area (Å²) in [7, 11) is 0. The largest absolute Gasteiger partial charge is 0.333 e. The molecule has 5 heteroatoms. The monoisotopic (exact) mass is 374 g/mol. The average molecular weight is 375 g/mol. The number of benzene rings is 2. The van der Waals surface area contributed by atoms with Gasteiger partial charge in [-0.1, -0.05) is 57.2 Å². The van der Waals surface area contributed by atoms with E-state index in [0.717, 1.165) is 11.3 Å². The van der Waals surface area contributed by atoms with Crippen molar-refractivity contribution in [2.24, 2.45) is 0 Å². The van der Waals surface area contributed by atoms with E-state index in [1.54, 1.807) is 11.8 Å². The molecule has 25 heavy (non-hydrogen) atoms. The number of hydrogen-bond acceptors (Lipinski definition) is 3. The van der Waals surface area contributed by atoms with Crippen molar-refractivity contribution in [2.45, 2.75) is 43.4 Å². The van der Waals surface area contributed by atoms with E-state index < -0.39 is 0 Å². The van der Waals surface area contributed by atoms with Crippen LogP contribution in [0.2, 0.25) is 0 Å². The van der Waals surface area contributed by atoms with Gasteiger partial charge in [-0.2, -0.15) is 0 Å². The predicted molar refractivity (Wildman–Crippen MR) is 110 cm³/mol. The highest BCUT2D eigenvalue weighted by Crippen LogP contribution is 2.22. The van der Waals surface area contributed by atoms with Crippen LogP contribution in [-0.2, 0) is 17.7 Å². The van der Waals surface area contributed by atoms with Gasteiger partial charge in [0.1, 0.15) is 0 Å². The van der Waals surface area contributed by atoms with Crippen LogP contribution < -0.4 is 10.0 Å². The van der Waals surface area contributed by atoms with Crippen molar-refractivity contribution in [3.05, 3.63) is 65.2 Å². The molecule has 3 nitrogen and oxygen atoms in total. The van der Waals surface area contributed by atoms with Crippen molar-refractivity contribution >= 4 is 29.7 Å². The summed E-state index contributed by atoms with van der Waals surface area (Å²) >= 11 is 3.13. The minimum absolute atomic E-state index is 0.147. The third kappa shape index (κ3) is 6.67. The molecule has 2 aromatic rings. The highest BCUT2D eigenvalue weighted by Gasteiger charge is 2.12. The summed E-state index contributed by atoms with van der Waals surface area (Å²) in [5.41, 5.74) is 3.74. The number of thioether (sulfide) groups is 1. The number of nitrogens with one attached hydrogen (secondary N) is 2. The molecule has 0 aromatic heterocycles. The molecular formula is C20H26N2OS2. The van der Waals surface area contributed by atoms with Crippen LogP contribution in [0, 0.1) is 0 Å². The molecule has 0 radical (unpaired) electrons. The standard InChI is InChI=1S/C20H26N2OS2/c1-20(2,3)17-9-5-15(6-10-17)13-21-19(23)22-25-14-16-7-11-18(24-4)12-8-16/h5-12H,13-14H2,1-4H3,(H2,21,22,23). The zero-order chi connectivity index (χ0) is 18.3. The lowest BCUT2D eigenvalue weighted by Crippen LogP contribution is -2.30. The molecule has 0 aliphatic carbocycles. The number of urea groups is 1. The number of carbonyl (C=O) groups is 1. The Hall–Kier alpha value is -1.59. The molecule has 0 saturated carbocycles. The van der Waals surface area contributed by atoms with Crippen LogP contribution in [0.5, 0.6) is 0 Å². The molecule has 0 saturated heterocycles. The van der Waals surface area contributed by atoms with Gasteiger partial charge in [0, 0.05) is 17.2 Å². The fourth-order valence-corrected chi connectivity index (χ4v) is 3.29. The van der Waals surface area contributed by atoms with Gasteiger partial charge in [-0.25, -0.2) is 4.79 Å². The average Bonchev–Trinajstić information content (AvgIpc) is 2.60. The summed E-state index contributed by atoms with van der Waals surface area (Å²) < 4.78 is 2.83. The first-order valence-electron chi connectivity index (χ1n) is 8.26. The van der Waals surface area contributed by atoms with Crippen molar-refractivity contribution in [3.63, 3.8) is 0 Å². The van der Waals surface area contributed by atoms with Crippen LogP contribution in [0.25, 0.3) is 0 Å². The van der Waals surface area contributed by atoms with Crippen LogP contribution in [0.4, 0.5) is 4.79 Å². The Morgan fingerprint density at radius 3 is 2.12 bits per heavy atom. The Morgan fingerprint density at radius 2 is 1.56 bits per heavy atom. The summed E-state index contributed by atoms with van der Waals surface area (Å²) in [6.45, 7) is 7.11. The zero-order valence-electron chi connectivity index (χ0n) is 15.3. The number of amides is 2. The number of hydrogen-bond donors (Lipinski definition) is 2. The van der Waals surface area contributed by atoms with Gasteiger partial charge < -0.3 is 5.32 Å². The van der Waals surface area contributed by atoms with E-state index >= 15 is 0 Å². The zero-order valence-corrected chi connectivity index (χ0v) is 16.9. The maximum Gasteiger partial charge on any atom is 0.325 e. The van der Waals surface area contributed by atoms with Gasteiger partial charge in [0.25, 0.3) is 0 Å². The topological polar surface area (TPSA) is 41.1 Å². The van der Waals surface area contributed by atoms with Gasteiger partial charge in [0.2, 0.25) is 0 Å². The molecule has 0 fully saturated rings. The van der Waals surface area contributed by atoms with Gasteiger partial charge in [-0.05, 0) is 52.4 Å². The molecule has 2 rings (SSSR count). The van der Waals surface area contributed by atoms with Crippen LogP contribution in [-0.4, -0.2) is 12.3 Å². The molecular weight excluding hydrogens is 348 g/mol. The number of rotatable bonds is 6. The smallest absolute Gasteiger partial charge is 0.325 e. The maximum atomic E-state index is 11.9. The van der Waals surface area contributed by atoms with E-state index in [2.05, 4.69) is 85.6 Å². The van der Waals surface area contributed by atoms with Crippen LogP contribution in [0.1, 0.15) is 37.5 Å². The van der Waals surface area contributed by atoms with E-state index in [1.165, 1.54) is 28.0 Å². The lowest BCUT2D eigenvalue weighted by molar-refractivity contribution is 0.246. The van der Waals surface area contributed by atoms with E-state index in [1.807, 2.05) is 0 Å². The quantitative estimate of drug-likeness (QED) is 0.529. The summed E-state index contributed by atoms with van der Waals surface area (Å²) in [4.78, 5) is 13.1. The molecule has 134 valence electrons. The van der Waals surface area contributed by atoms with E-state index in [-0.39, 0.29) is 11.4 Å². The van der Waals surface area contributed by atoms with Gasteiger partial charge in [-0.3, -0.25) is 4.72 Å². The Bertz CT molecular complexity index is 676. The van der Waals surface area contributed by atoms with Gasteiger partial charge >= 0.3 is 6.03 Å². The van der Waals surface area contributed by atoms with Crippen LogP contribution in [0.15, 0.2) is 53.4 Å². The van der Waals surface area contributed by atoms with Crippen molar-refractivity contribution in [2.75, 3.05) is 6.26 Å². The fraction of sp³-hybridized carbons (Fsp3) is 0.350. The molecule has 0 aliphatic heterocycles. The van der Waals surface area contributed by atoms with Gasteiger partial charge in [0.05, 0.1) is 0 Å². The molecule has 0 heterocycles. The van der Waals surface area contributed by atoms with Gasteiger partial charge in [-0.15, -0.1) is 11.8 Å². The first-order valence-corrected chi connectivity index (χ1v) is 10.5. The first-order chi connectivity index (χ1) is 11.9. The molecule has 0 unspecified atom stereocenters. The molecule has 0 atom stereocenters. The van der Waals surface area contributed by atoms with Crippen molar-refractivity contribution in [1.82, 2.24) is 10.0 Å². The highest BCUT2D eigenvalue weighted by atomic mass is 32.2. The Balaban J connectivity index is 1.71. The Labute approximate surface area is 159 Å². The summed E-state index contributed by atoms with van der Waals surface area (Å²) in [5.74, 6) is 0.752. The van der Waals surface area contributed by atoms with E-state index in [9.17, 15) is 4.79 Å². The molecule has 0 aliphatic rings. The predicted octanol–water partition coefficient (Wildman–Crippen LogP) is 5.35. The highest BCUT2D eigenvalue weighted by molar-refractivity contribution is 7.98. The first kappa shape index (κ1) is 19.7. The maximum absolute atomic E-state index is 11.9. The lowest BCUT2D eigenvalue weighted by atomic mass is 9.87. The molecule has 2 aromatic carbocycles. The second kappa shape index (κ2) is 9.20. The van der Waals surface area contributed by atoms with Crippen molar-refractivity contribution in [3.8, 4) is 0 Å². The van der Waals surface area contributed by atoms with Crippen molar-refractivity contribution < 1.29 is 4.79 Å². The van der Waals surface area contributed by atoms with Gasteiger partial charge in [0.15, 0.2) is 0 Å². The second-order valence-electron chi connectivity index (χ2n) is 6.87. The second-order valence-corrected chi connectivity index (χ2v) is 8.53. The van der Waals surface area contributed by atoms with E-state index in [4.69, 9.17) is 0 Å². The van der Waals surface area contributed by atoms with Crippen LogP contribution in [0.3, 0.4) is 0 Å². The van der Waals surface area contributed by atoms with Crippen molar-refractivity contribution in [1.29, 1.82) is 0 Å². The normalized spacial score (nSPS) is 11.2. The van der Waals surface area contributed by atoms with Crippen LogP contribution >= 0.6 is 23.7 Å². The SMILES string of the molecule is CSc1ccc(CSNC(=O)NCc2ccc(C(C)(C)C)cc2)cc1. The summed E-state index contributed by atoms with van der Waals surface area (Å²) in [6.07, 6.45) is 2.06. The Morgan fingerprint density at radius 1 is 0.960 bits per heavy atom. The number of carbonyl (C=O) groups excluding carboxylic acids is 1.